The van der Waals surface area contributed by atoms with E-state index in [-0.39, 0.29) is 20.9 Å². The number of benzene rings is 1. The second-order valence-corrected chi connectivity index (χ2v) is 4.81. The molecular weight excluding hydrogens is 341 g/mol. The van der Waals surface area contributed by atoms with Crippen LogP contribution >= 0.6 is 27.5 Å². The number of anilines is 1. The van der Waals surface area contributed by atoms with Crippen LogP contribution in [-0.4, -0.2) is 10.9 Å². The first-order valence-electron chi connectivity index (χ1n) is 5.05. The molecular formula is C12H6BrClF2N2O. The molecule has 0 saturated carbocycles. The molecule has 7 heteroatoms. The molecule has 0 unspecified atom stereocenters. The molecule has 98 valence electrons. The Morgan fingerprint density at radius 3 is 2.68 bits per heavy atom. The summed E-state index contributed by atoms with van der Waals surface area (Å²) in [7, 11) is 0. The molecule has 0 spiro atoms. The lowest BCUT2D eigenvalue weighted by Crippen LogP contribution is -2.13. The van der Waals surface area contributed by atoms with Crippen LogP contribution in [0, 0.1) is 11.6 Å². The van der Waals surface area contributed by atoms with E-state index in [2.05, 4.69) is 26.2 Å². The standard InChI is InChI=1S/C12H6BrClF2N2O/c13-8-4-7(15)5-9(16)11(8)18-12(19)6-1-2-17-10(14)3-6/h1-5H,(H,18,19). The molecule has 0 bridgehead atoms. The lowest BCUT2D eigenvalue weighted by Gasteiger charge is -2.08. The molecule has 2 rings (SSSR count). The Labute approximate surface area is 120 Å². The van der Waals surface area contributed by atoms with E-state index in [0.29, 0.717) is 6.07 Å². The summed E-state index contributed by atoms with van der Waals surface area (Å²) in [5, 5.41) is 2.48. The molecule has 0 saturated heterocycles. The van der Waals surface area contributed by atoms with Crippen molar-refractivity contribution in [2.45, 2.75) is 0 Å². The normalized spacial score (nSPS) is 10.3. The van der Waals surface area contributed by atoms with Crippen LogP contribution in [0.5, 0.6) is 0 Å². The number of aromatic nitrogens is 1. The summed E-state index contributed by atoms with van der Waals surface area (Å²) in [5.74, 6) is -2.19. The van der Waals surface area contributed by atoms with E-state index in [9.17, 15) is 13.6 Å². The van der Waals surface area contributed by atoms with Crippen molar-refractivity contribution in [2.75, 3.05) is 5.32 Å². The number of carbonyl (C=O) groups excluding carboxylic acids is 1. The van der Waals surface area contributed by atoms with Crippen LogP contribution in [0.15, 0.2) is 34.9 Å². The average molecular weight is 348 g/mol. The van der Waals surface area contributed by atoms with Gasteiger partial charge in [-0.15, -0.1) is 0 Å². The minimum absolute atomic E-state index is 0.110. The summed E-state index contributed by atoms with van der Waals surface area (Å²) in [5.41, 5.74) is 0.0787. The van der Waals surface area contributed by atoms with Crippen molar-refractivity contribution in [2.24, 2.45) is 0 Å². The number of halogens is 4. The Morgan fingerprint density at radius 2 is 2.05 bits per heavy atom. The molecule has 0 aliphatic carbocycles. The van der Waals surface area contributed by atoms with E-state index in [4.69, 9.17) is 11.6 Å². The molecule has 0 radical (unpaired) electrons. The summed E-state index contributed by atoms with van der Waals surface area (Å²) >= 11 is 8.63. The molecule has 1 aromatic heterocycles. The highest BCUT2D eigenvalue weighted by Crippen LogP contribution is 2.27. The third-order valence-electron chi connectivity index (χ3n) is 2.23. The average Bonchev–Trinajstić information content (AvgIpc) is 2.33. The van der Waals surface area contributed by atoms with Crippen molar-refractivity contribution in [3.63, 3.8) is 0 Å². The van der Waals surface area contributed by atoms with Crippen LogP contribution in [0.3, 0.4) is 0 Å². The molecule has 0 atom stereocenters. The van der Waals surface area contributed by atoms with Crippen molar-refractivity contribution in [1.82, 2.24) is 4.98 Å². The first-order valence-corrected chi connectivity index (χ1v) is 6.22. The summed E-state index contributed by atoms with van der Waals surface area (Å²) < 4.78 is 26.6. The molecule has 0 fully saturated rings. The van der Waals surface area contributed by atoms with Gasteiger partial charge in [0.1, 0.15) is 11.0 Å². The SMILES string of the molecule is O=C(Nc1c(F)cc(F)cc1Br)c1ccnc(Cl)c1. The zero-order valence-corrected chi connectivity index (χ0v) is 11.6. The largest absolute Gasteiger partial charge is 0.319 e. The van der Waals surface area contributed by atoms with Gasteiger partial charge >= 0.3 is 0 Å². The highest BCUT2D eigenvalue weighted by atomic mass is 79.9. The van der Waals surface area contributed by atoms with Gasteiger partial charge in [-0.3, -0.25) is 4.79 Å². The van der Waals surface area contributed by atoms with E-state index in [1.807, 2.05) is 0 Å². The molecule has 3 nitrogen and oxygen atoms in total. The van der Waals surface area contributed by atoms with E-state index >= 15 is 0 Å². The fourth-order valence-electron chi connectivity index (χ4n) is 1.39. The lowest BCUT2D eigenvalue weighted by atomic mass is 10.2. The van der Waals surface area contributed by atoms with Crippen molar-refractivity contribution in [3.05, 3.63) is 57.3 Å². The molecule has 1 N–H and O–H groups in total. The summed E-state index contributed by atoms with van der Waals surface area (Å²) in [6.07, 6.45) is 1.35. The van der Waals surface area contributed by atoms with Crippen LogP contribution in [-0.2, 0) is 0 Å². The Morgan fingerprint density at radius 1 is 1.32 bits per heavy atom. The zero-order valence-electron chi connectivity index (χ0n) is 9.25. The van der Waals surface area contributed by atoms with Gasteiger partial charge in [-0.1, -0.05) is 11.6 Å². The molecule has 2 aromatic rings. The van der Waals surface area contributed by atoms with Gasteiger partial charge < -0.3 is 5.32 Å². The maximum Gasteiger partial charge on any atom is 0.255 e. The van der Waals surface area contributed by atoms with Crippen LogP contribution < -0.4 is 5.32 Å². The quantitative estimate of drug-likeness (QED) is 0.834. The maximum absolute atomic E-state index is 13.5. The topological polar surface area (TPSA) is 42.0 Å². The minimum Gasteiger partial charge on any atom is -0.319 e. The van der Waals surface area contributed by atoms with Crippen LogP contribution in [0.1, 0.15) is 10.4 Å². The first-order chi connectivity index (χ1) is 8.97. The number of hydrogen-bond donors (Lipinski definition) is 1. The summed E-state index contributed by atoms with van der Waals surface area (Å²) in [4.78, 5) is 15.6. The molecule has 19 heavy (non-hydrogen) atoms. The molecule has 1 heterocycles. The minimum atomic E-state index is -0.875. The van der Waals surface area contributed by atoms with Crippen LogP contribution in [0.2, 0.25) is 5.15 Å². The third-order valence-corrected chi connectivity index (χ3v) is 3.07. The van der Waals surface area contributed by atoms with Gasteiger partial charge in [0.15, 0.2) is 5.82 Å². The van der Waals surface area contributed by atoms with Crippen molar-refractivity contribution in [1.29, 1.82) is 0 Å². The van der Waals surface area contributed by atoms with Crippen molar-refractivity contribution >= 4 is 39.1 Å². The number of pyridine rings is 1. The number of hydrogen-bond acceptors (Lipinski definition) is 2. The molecule has 1 amide bonds. The first kappa shape index (κ1) is 13.9. The van der Waals surface area contributed by atoms with Gasteiger partial charge in [-0.2, -0.15) is 0 Å². The number of carbonyl (C=O) groups is 1. The fraction of sp³-hybridized carbons (Fsp3) is 0. The summed E-state index contributed by atoms with van der Waals surface area (Å²) in [6.45, 7) is 0. The van der Waals surface area contributed by atoms with E-state index in [1.54, 1.807) is 0 Å². The molecule has 0 aliphatic heterocycles. The fourth-order valence-corrected chi connectivity index (χ4v) is 2.07. The summed E-state index contributed by atoms with van der Waals surface area (Å²) in [6, 6.07) is 4.50. The Hall–Kier alpha value is -1.53. The zero-order chi connectivity index (χ0) is 14.0. The van der Waals surface area contributed by atoms with Crippen molar-refractivity contribution in [3.8, 4) is 0 Å². The second kappa shape index (κ2) is 5.63. The van der Waals surface area contributed by atoms with Crippen molar-refractivity contribution < 1.29 is 13.6 Å². The van der Waals surface area contributed by atoms with Gasteiger partial charge in [0.25, 0.3) is 5.91 Å². The van der Waals surface area contributed by atoms with Gasteiger partial charge in [0.05, 0.1) is 5.69 Å². The van der Waals surface area contributed by atoms with Gasteiger partial charge in [-0.05, 0) is 34.1 Å². The second-order valence-electron chi connectivity index (χ2n) is 3.57. The lowest BCUT2D eigenvalue weighted by molar-refractivity contribution is 0.102. The number of nitrogens with one attached hydrogen (secondary N) is 1. The molecule has 0 aliphatic rings. The Balaban J connectivity index is 2.29. The van der Waals surface area contributed by atoms with Gasteiger partial charge in [0, 0.05) is 22.3 Å². The number of amides is 1. The predicted octanol–water partition coefficient (Wildman–Crippen LogP) is 4.03. The third kappa shape index (κ3) is 3.27. The number of nitrogens with zero attached hydrogens (tertiary/aromatic N) is 1. The highest BCUT2D eigenvalue weighted by molar-refractivity contribution is 9.10. The number of rotatable bonds is 2. The van der Waals surface area contributed by atoms with E-state index in [0.717, 1.165) is 6.07 Å². The van der Waals surface area contributed by atoms with Crippen LogP contribution in [0.25, 0.3) is 0 Å². The smallest absolute Gasteiger partial charge is 0.255 e. The van der Waals surface area contributed by atoms with Gasteiger partial charge in [-0.25, -0.2) is 13.8 Å². The van der Waals surface area contributed by atoms with E-state index in [1.165, 1.54) is 18.3 Å². The molecule has 1 aromatic carbocycles. The Bertz CT molecular complexity index is 628. The Kier molecular flexibility index (Phi) is 4.11. The predicted molar refractivity (Wildman–Crippen MR) is 71.3 cm³/mol. The highest BCUT2D eigenvalue weighted by Gasteiger charge is 2.14. The maximum atomic E-state index is 13.5. The monoisotopic (exact) mass is 346 g/mol. The van der Waals surface area contributed by atoms with Crippen LogP contribution in [0.4, 0.5) is 14.5 Å². The van der Waals surface area contributed by atoms with Gasteiger partial charge in [0.2, 0.25) is 0 Å². The van der Waals surface area contributed by atoms with E-state index < -0.39 is 17.5 Å².